The van der Waals surface area contributed by atoms with Gasteiger partial charge in [0, 0.05) is 30.4 Å². The first-order chi connectivity index (χ1) is 15.3. The third kappa shape index (κ3) is 5.34. The van der Waals surface area contributed by atoms with Crippen molar-refractivity contribution in [3.8, 4) is 11.5 Å². The zero-order valence-corrected chi connectivity index (χ0v) is 20.7. The number of unbranched alkanes of at least 4 members (excludes halogenated alkanes) is 3. The maximum atomic E-state index is 10.5. The highest BCUT2D eigenvalue weighted by atomic mass is 16.5. The van der Waals surface area contributed by atoms with E-state index < -0.39 is 5.60 Å². The van der Waals surface area contributed by atoms with Crippen molar-refractivity contribution in [1.29, 1.82) is 0 Å². The van der Waals surface area contributed by atoms with Gasteiger partial charge in [-0.1, -0.05) is 59.1 Å². The number of hydrogen-bond acceptors (Lipinski definition) is 4. The third-order valence-corrected chi connectivity index (χ3v) is 7.83. The summed E-state index contributed by atoms with van der Waals surface area (Å²) < 4.78 is 12.9. The first-order valence-corrected chi connectivity index (χ1v) is 12.7. The largest absolute Gasteiger partial charge is 0.489 e. The minimum absolute atomic E-state index is 0.00866. The monoisotopic (exact) mass is 444 g/mol. The van der Waals surface area contributed by atoms with Crippen molar-refractivity contribution < 1.29 is 19.7 Å². The summed E-state index contributed by atoms with van der Waals surface area (Å²) in [6, 6.07) is 4.42. The van der Waals surface area contributed by atoms with Gasteiger partial charge >= 0.3 is 0 Å². The van der Waals surface area contributed by atoms with Crippen LogP contribution >= 0.6 is 0 Å². The Kier molecular flexibility index (Phi) is 8.32. The van der Waals surface area contributed by atoms with Crippen molar-refractivity contribution >= 4 is 0 Å². The van der Waals surface area contributed by atoms with Gasteiger partial charge in [0.15, 0.2) is 0 Å². The molecule has 0 saturated heterocycles. The van der Waals surface area contributed by atoms with E-state index in [-0.39, 0.29) is 30.0 Å². The molecule has 0 radical (unpaired) electrons. The summed E-state index contributed by atoms with van der Waals surface area (Å²) in [5.41, 5.74) is 1.89. The average Bonchev–Trinajstić information content (AvgIpc) is 2.74. The number of ether oxygens (including phenoxy) is 2. The Hall–Kier alpha value is -1.52. The van der Waals surface area contributed by atoms with E-state index in [1.807, 2.05) is 0 Å². The molecule has 3 rings (SSSR count). The lowest BCUT2D eigenvalue weighted by Gasteiger charge is -2.50. The predicted octanol–water partition coefficient (Wildman–Crippen LogP) is 6.28. The van der Waals surface area contributed by atoms with Crippen LogP contribution in [0.3, 0.4) is 0 Å². The second-order valence-electron chi connectivity index (χ2n) is 10.7. The molecule has 1 fully saturated rings. The fourth-order valence-corrected chi connectivity index (χ4v) is 5.83. The summed E-state index contributed by atoms with van der Waals surface area (Å²) in [5, 5.41) is 20.3. The maximum absolute atomic E-state index is 10.5. The topological polar surface area (TPSA) is 58.9 Å². The fourth-order valence-electron chi connectivity index (χ4n) is 5.83. The van der Waals surface area contributed by atoms with Crippen LogP contribution in [0.2, 0.25) is 0 Å². The molecule has 180 valence electrons. The molecule has 0 aromatic heterocycles. The Morgan fingerprint density at radius 1 is 1.25 bits per heavy atom. The molecular formula is C28H44O4. The van der Waals surface area contributed by atoms with Gasteiger partial charge in [0.1, 0.15) is 23.7 Å². The second kappa shape index (κ2) is 10.6. The lowest BCUT2D eigenvalue weighted by Crippen LogP contribution is -2.50. The zero-order valence-electron chi connectivity index (χ0n) is 20.7. The minimum atomic E-state index is -0.438. The van der Waals surface area contributed by atoms with Crippen molar-refractivity contribution in [2.24, 2.45) is 5.92 Å². The Labute approximate surface area is 195 Å². The van der Waals surface area contributed by atoms with E-state index in [9.17, 15) is 10.2 Å². The lowest BCUT2D eigenvalue weighted by molar-refractivity contribution is -0.0562. The Bertz CT molecular complexity index is 771. The summed E-state index contributed by atoms with van der Waals surface area (Å²) in [7, 11) is 0. The van der Waals surface area contributed by atoms with Gasteiger partial charge < -0.3 is 19.7 Å². The van der Waals surface area contributed by atoms with Crippen LogP contribution in [-0.2, 0) is 5.41 Å². The van der Waals surface area contributed by atoms with Crippen molar-refractivity contribution in [3.05, 3.63) is 35.9 Å². The SMILES string of the molecule is C=CCOc1cc(C(C)(C)CCCCCC)cc2c1[C@@H]1C[C@H](O)CC[C@H]1[C@](C)(CCO)O2. The van der Waals surface area contributed by atoms with E-state index in [2.05, 4.69) is 46.4 Å². The first-order valence-electron chi connectivity index (χ1n) is 12.7. The maximum Gasteiger partial charge on any atom is 0.127 e. The summed E-state index contributed by atoms with van der Waals surface area (Å²) in [5.74, 6) is 2.16. The molecule has 4 nitrogen and oxygen atoms in total. The van der Waals surface area contributed by atoms with Gasteiger partial charge in [-0.3, -0.25) is 0 Å². The summed E-state index contributed by atoms with van der Waals surface area (Å²) in [4.78, 5) is 0. The molecule has 1 saturated carbocycles. The summed E-state index contributed by atoms with van der Waals surface area (Å²) in [6.07, 6.45) is 10.6. The molecule has 4 atom stereocenters. The summed E-state index contributed by atoms with van der Waals surface area (Å²) in [6.45, 7) is 13.4. The van der Waals surface area contributed by atoms with E-state index >= 15 is 0 Å². The van der Waals surface area contributed by atoms with E-state index in [0.717, 1.165) is 36.3 Å². The highest BCUT2D eigenvalue weighted by molar-refractivity contribution is 5.54. The summed E-state index contributed by atoms with van der Waals surface area (Å²) >= 11 is 0. The number of fused-ring (bicyclic) bond motifs is 3. The van der Waals surface area contributed by atoms with Gasteiger partial charge in [0.05, 0.1) is 6.10 Å². The van der Waals surface area contributed by atoms with Crippen LogP contribution in [-0.4, -0.2) is 35.1 Å². The molecule has 0 bridgehead atoms. The smallest absolute Gasteiger partial charge is 0.127 e. The highest BCUT2D eigenvalue weighted by Gasteiger charge is 2.50. The van der Waals surface area contributed by atoms with E-state index in [1.165, 1.54) is 31.2 Å². The molecular weight excluding hydrogens is 400 g/mol. The van der Waals surface area contributed by atoms with Gasteiger partial charge in [-0.25, -0.2) is 0 Å². The minimum Gasteiger partial charge on any atom is -0.489 e. The van der Waals surface area contributed by atoms with Crippen molar-refractivity contribution in [2.75, 3.05) is 13.2 Å². The molecule has 1 aliphatic carbocycles. The van der Waals surface area contributed by atoms with Gasteiger partial charge in [-0.15, -0.1) is 0 Å². The van der Waals surface area contributed by atoms with Crippen molar-refractivity contribution in [3.63, 3.8) is 0 Å². The van der Waals surface area contributed by atoms with Crippen molar-refractivity contribution in [1.82, 2.24) is 0 Å². The fraction of sp³-hybridized carbons (Fsp3) is 0.714. The molecule has 0 unspecified atom stereocenters. The molecule has 4 heteroatoms. The zero-order chi connectivity index (χ0) is 23.4. The van der Waals surface area contributed by atoms with Crippen LogP contribution in [0.15, 0.2) is 24.8 Å². The van der Waals surface area contributed by atoms with Crippen LogP contribution in [0.25, 0.3) is 0 Å². The van der Waals surface area contributed by atoms with E-state index in [1.54, 1.807) is 6.08 Å². The van der Waals surface area contributed by atoms with Gasteiger partial charge in [-0.05, 0) is 55.7 Å². The molecule has 0 spiro atoms. The number of rotatable bonds is 11. The van der Waals surface area contributed by atoms with E-state index in [4.69, 9.17) is 9.47 Å². The molecule has 0 amide bonds. The quantitative estimate of drug-likeness (QED) is 0.312. The number of aliphatic hydroxyl groups is 2. The van der Waals surface area contributed by atoms with Gasteiger partial charge in [0.2, 0.25) is 0 Å². The Morgan fingerprint density at radius 2 is 2.03 bits per heavy atom. The van der Waals surface area contributed by atoms with Crippen LogP contribution < -0.4 is 9.47 Å². The van der Waals surface area contributed by atoms with Crippen LogP contribution in [0.1, 0.15) is 103 Å². The van der Waals surface area contributed by atoms with Crippen LogP contribution in [0.5, 0.6) is 11.5 Å². The molecule has 2 aliphatic rings. The van der Waals surface area contributed by atoms with Crippen LogP contribution in [0.4, 0.5) is 0 Å². The number of hydrogen-bond donors (Lipinski definition) is 2. The number of aliphatic hydroxyl groups excluding tert-OH is 2. The second-order valence-corrected chi connectivity index (χ2v) is 10.7. The molecule has 2 N–H and O–H groups in total. The highest BCUT2D eigenvalue weighted by Crippen LogP contribution is 2.56. The van der Waals surface area contributed by atoms with Crippen molar-refractivity contribution in [2.45, 2.75) is 109 Å². The standard InChI is InChI=1S/C28H44O4/c1-6-8-9-10-13-27(3,4)20-17-24(31-16-7-2)26-22-19-21(30)11-12-23(22)28(5,14-15-29)32-25(26)18-20/h7,17-18,21-23,29-30H,2,6,8-16,19H2,1,3-5H3/t21-,22-,23-,28+/m1/s1. The molecule has 1 aliphatic heterocycles. The van der Waals surface area contributed by atoms with E-state index in [0.29, 0.717) is 19.4 Å². The molecule has 1 aromatic rings. The van der Waals surface area contributed by atoms with Crippen LogP contribution in [0, 0.1) is 5.92 Å². The molecule has 1 heterocycles. The molecule has 1 aromatic carbocycles. The average molecular weight is 445 g/mol. The third-order valence-electron chi connectivity index (χ3n) is 7.83. The van der Waals surface area contributed by atoms with Gasteiger partial charge in [-0.2, -0.15) is 0 Å². The molecule has 32 heavy (non-hydrogen) atoms. The lowest BCUT2D eigenvalue weighted by atomic mass is 9.64. The normalized spacial score (nSPS) is 27.2. The Balaban J connectivity index is 2.04. The first kappa shape index (κ1) is 25.1. The number of benzene rings is 1. The van der Waals surface area contributed by atoms with Gasteiger partial charge in [0.25, 0.3) is 0 Å². The predicted molar refractivity (Wildman–Crippen MR) is 131 cm³/mol. The Morgan fingerprint density at radius 3 is 2.72 bits per heavy atom.